The zero-order valence-electron chi connectivity index (χ0n) is 9.02. The average Bonchev–Trinajstić information content (AvgIpc) is 2.78. The fourth-order valence-electron chi connectivity index (χ4n) is 1.85. The summed E-state index contributed by atoms with van der Waals surface area (Å²) in [6.07, 6.45) is 4.14. The van der Waals surface area contributed by atoms with E-state index < -0.39 is 5.60 Å². The Bertz CT molecular complexity index is 320. The fourth-order valence-corrected chi connectivity index (χ4v) is 3.15. The Morgan fingerprint density at radius 2 is 2.53 bits per heavy atom. The quantitative estimate of drug-likeness (QED) is 0.837. The number of aliphatic hydroxyl groups is 1. The summed E-state index contributed by atoms with van der Waals surface area (Å²) in [6.45, 7) is 3.00. The Morgan fingerprint density at radius 3 is 3.20 bits per heavy atom. The molecule has 4 nitrogen and oxygen atoms in total. The maximum atomic E-state index is 10.3. The SMILES string of the molecule is CCCn1ncnc1CC1(O)CCSC1. The molecular weight excluding hydrogens is 210 g/mol. The Balaban J connectivity index is 2.06. The van der Waals surface area contributed by atoms with Gasteiger partial charge in [-0.15, -0.1) is 0 Å². The van der Waals surface area contributed by atoms with Gasteiger partial charge < -0.3 is 5.11 Å². The first-order valence-electron chi connectivity index (χ1n) is 5.40. The molecule has 1 saturated heterocycles. The molecule has 0 bridgehead atoms. The summed E-state index contributed by atoms with van der Waals surface area (Å²) in [5, 5.41) is 14.4. The van der Waals surface area contributed by atoms with Crippen molar-refractivity contribution in [3.8, 4) is 0 Å². The molecule has 1 aromatic rings. The van der Waals surface area contributed by atoms with E-state index in [2.05, 4.69) is 17.0 Å². The predicted octanol–water partition coefficient (Wildman–Crippen LogP) is 1.10. The van der Waals surface area contributed by atoms with Gasteiger partial charge in [0.15, 0.2) is 0 Å². The lowest BCUT2D eigenvalue weighted by Crippen LogP contribution is -2.32. The van der Waals surface area contributed by atoms with E-state index in [4.69, 9.17) is 0 Å². The molecule has 1 N–H and O–H groups in total. The van der Waals surface area contributed by atoms with Gasteiger partial charge >= 0.3 is 0 Å². The molecule has 0 spiro atoms. The van der Waals surface area contributed by atoms with Crippen LogP contribution < -0.4 is 0 Å². The molecule has 0 saturated carbocycles. The van der Waals surface area contributed by atoms with E-state index in [1.807, 2.05) is 16.4 Å². The average molecular weight is 227 g/mol. The predicted molar refractivity (Wildman–Crippen MR) is 60.9 cm³/mol. The summed E-state index contributed by atoms with van der Waals surface area (Å²) in [7, 11) is 0. The van der Waals surface area contributed by atoms with Crippen LogP contribution in [0.4, 0.5) is 0 Å². The van der Waals surface area contributed by atoms with Gasteiger partial charge in [-0.05, 0) is 18.6 Å². The van der Waals surface area contributed by atoms with Crippen molar-refractivity contribution >= 4 is 11.8 Å². The van der Waals surface area contributed by atoms with Crippen molar-refractivity contribution in [3.63, 3.8) is 0 Å². The lowest BCUT2D eigenvalue weighted by atomic mass is 9.99. The number of aryl methyl sites for hydroxylation is 1. The van der Waals surface area contributed by atoms with Crippen molar-refractivity contribution < 1.29 is 5.11 Å². The van der Waals surface area contributed by atoms with Gasteiger partial charge in [0.1, 0.15) is 12.2 Å². The highest BCUT2D eigenvalue weighted by Crippen LogP contribution is 2.30. The molecule has 84 valence electrons. The van der Waals surface area contributed by atoms with Crippen LogP contribution in [0.25, 0.3) is 0 Å². The van der Waals surface area contributed by atoms with Gasteiger partial charge in [0.2, 0.25) is 0 Å². The van der Waals surface area contributed by atoms with Gasteiger partial charge in [0, 0.05) is 18.7 Å². The highest BCUT2D eigenvalue weighted by molar-refractivity contribution is 7.99. The second-order valence-corrected chi connectivity index (χ2v) is 5.21. The standard InChI is InChI=1S/C10H17N3OS/c1-2-4-13-9(11-8-12-13)6-10(14)3-5-15-7-10/h8,14H,2-7H2,1H3. The molecule has 1 atom stereocenters. The Labute approximate surface area is 94.1 Å². The van der Waals surface area contributed by atoms with Gasteiger partial charge in [-0.2, -0.15) is 16.9 Å². The summed E-state index contributed by atoms with van der Waals surface area (Å²) in [5.41, 5.74) is -0.552. The number of nitrogens with zero attached hydrogens (tertiary/aromatic N) is 3. The van der Waals surface area contributed by atoms with E-state index in [1.165, 1.54) is 0 Å². The van der Waals surface area contributed by atoms with Crippen molar-refractivity contribution in [1.29, 1.82) is 0 Å². The van der Waals surface area contributed by atoms with Crippen LogP contribution in [0, 0.1) is 0 Å². The summed E-state index contributed by atoms with van der Waals surface area (Å²) in [6, 6.07) is 0. The van der Waals surface area contributed by atoms with Crippen LogP contribution in [0.2, 0.25) is 0 Å². The summed E-state index contributed by atoms with van der Waals surface area (Å²) in [5.74, 6) is 2.80. The first-order chi connectivity index (χ1) is 7.23. The molecule has 1 unspecified atom stereocenters. The van der Waals surface area contributed by atoms with Crippen LogP contribution in [0.1, 0.15) is 25.6 Å². The van der Waals surface area contributed by atoms with Crippen molar-refractivity contribution in [2.45, 2.75) is 38.3 Å². The van der Waals surface area contributed by atoms with E-state index in [0.717, 1.165) is 36.7 Å². The van der Waals surface area contributed by atoms with Crippen molar-refractivity contribution in [3.05, 3.63) is 12.2 Å². The highest BCUT2D eigenvalue weighted by Gasteiger charge is 2.33. The fraction of sp³-hybridized carbons (Fsp3) is 0.800. The van der Waals surface area contributed by atoms with Gasteiger partial charge in [-0.3, -0.25) is 4.68 Å². The van der Waals surface area contributed by atoms with Crippen LogP contribution in [-0.2, 0) is 13.0 Å². The van der Waals surface area contributed by atoms with E-state index in [1.54, 1.807) is 6.33 Å². The minimum Gasteiger partial charge on any atom is -0.389 e. The van der Waals surface area contributed by atoms with Crippen LogP contribution in [0.15, 0.2) is 6.33 Å². The number of hydrogen-bond acceptors (Lipinski definition) is 4. The second-order valence-electron chi connectivity index (χ2n) is 4.10. The molecule has 0 aliphatic carbocycles. The molecule has 1 aromatic heterocycles. The summed E-state index contributed by atoms with van der Waals surface area (Å²) < 4.78 is 1.90. The molecule has 0 amide bonds. The summed E-state index contributed by atoms with van der Waals surface area (Å²) in [4.78, 5) is 4.23. The van der Waals surface area contributed by atoms with Crippen molar-refractivity contribution in [2.24, 2.45) is 0 Å². The largest absolute Gasteiger partial charge is 0.389 e. The minimum atomic E-state index is -0.552. The molecule has 0 radical (unpaired) electrons. The second kappa shape index (κ2) is 4.53. The van der Waals surface area contributed by atoms with E-state index in [0.29, 0.717) is 6.42 Å². The van der Waals surface area contributed by atoms with E-state index in [-0.39, 0.29) is 0 Å². The molecule has 0 aromatic carbocycles. The molecule has 15 heavy (non-hydrogen) atoms. The number of hydrogen-bond donors (Lipinski definition) is 1. The zero-order valence-corrected chi connectivity index (χ0v) is 9.83. The topological polar surface area (TPSA) is 50.9 Å². The van der Waals surface area contributed by atoms with Crippen LogP contribution in [0.5, 0.6) is 0 Å². The van der Waals surface area contributed by atoms with Crippen molar-refractivity contribution in [2.75, 3.05) is 11.5 Å². The van der Waals surface area contributed by atoms with Crippen molar-refractivity contribution in [1.82, 2.24) is 14.8 Å². The van der Waals surface area contributed by atoms with Gasteiger partial charge in [0.25, 0.3) is 0 Å². The molecule has 5 heteroatoms. The first kappa shape index (κ1) is 11.0. The normalized spacial score (nSPS) is 26.0. The highest BCUT2D eigenvalue weighted by atomic mass is 32.2. The lowest BCUT2D eigenvalue weighted by molar-refractivity contribution is 0.0652. The van der Waals surface area contributed by atoms with E-state index >= 15 is 0 Å². The first-order valence-corrected chi connectivity index (χ1v) is 6.56. The maximum absolute atomic E-state index is 10.3. The third-order valence-corrected chi connectivity index (χ3v) is 3.94. The third kappa shape index (κ3) is 2.52. The van der Waals surface area contributed by atoms with Crippen LogP contribution in [0.3, 0.4) is 0 Å². The van der Waals surface area contributed by atoms with E-state index in [9.17, 15) is 5.11 Å². The Hall–Kier alpha value is -0.550. The van der Waals surface area contributed by atoms with Crippen LogP contribution >= 0.6 is 11.8 Å². The number of thioether (sulfide) groups is 1. The monoisotopic (exact) mass is 227 g/mol. The summed E-state index contributed by atoms with van der Waals surface area (Å²) >= 11 is 1.81. The number of aromatic nitrogens is 3. The molecule has 1 aliphatic heterocycles. The lowest BCUT2D eigenvalue weighted by Gasteiger charge is -2.20. The molecular formula is C10H17N3OS. The molecule has 1 fully saturated rings. The number of rotatable bonds is 4. The molecule has 2 rings (SSSR count). The molecule has 1 aliphatic rings. The Morgan fingerprint density at radius 1 is 1.67 bits per heavy atom. The van der Waals surface area contributed by atoms with Gasteiger partial charge in [-0.1, -0.05) is 6.92 Å². The van der Waals surface area contributed by atoms with Gasteiger partial charge in [-0.25, -0.2) is 4.98 Å². The van der Waals surface area contributed by atoms with Crippen LogP contribution in [-0.4, -0.2) is 37.0 Å². The smallest absolute Gasteiger partial charge is 0.138 e. The zero-order chi connectivity index (χ0) is 10.7. The Kier molecular flexibility index (Phi) is 3.31. The van der Waals surface area contributed by atoms with Gasteiger partial charge in [0.05, 0.1) is 5.60 Å². The third-order valence-electron chi connectivity index (χ3n) is 2.70. The molecule has 2 heterocycles. The maximum Gasteiger partial charge on any atom is 0.138 e. The minimum absolute atomic E-state index is 0.552.